The van der Waals surface area contributed by atoms with Gasteiger partial charge in [-0.25, -0.2) is 33.8 Å². The molecule has 9 rings (SSSR count). The molecule has 1 aromatic heterocycles. The van der Waals surface area contributed by atoms with Crippen molar-refractivity contribution < 1.29 is 241 Å². The molecule has 0 saturated heterocycles. The second-order valence-electron chi connectivity index (χ2n) is 27.8. The fourth-order valence-corrected chi connectivity index (χ4v) is 10.3. The minimum absolute atomic E-state index is 0. The van der Waals surface area contributed by atoms with Crippen molar-refractivity contribution in [3.05, 3.63) is 186 Å². The SMILES string of the molecule is C.C.C.C.CC(=O)O.CC(=O)O.CC(N)COO.CC1(OC=O)CCC(C)(C(=O)O)C1(C)C.CCN(C)CS(=O)(=O)O.O=COC(O)C(=O)O.O=COC1CC1C(=O)O.O=COC1CCC(C(=O)O)CC1.O=COC=CC(=O)O.O=COCC(=O)O.O=COc1ccc(Cc2ccc(C(=O)O)cc2)cc1.O=COc1ccc(Oc2ccc(C(=O)O)cc2)cc1.O=COc1ccccc1.O=COc1ccccn1.O=S(=O)=O.[HH]. The Morgan fingerprint density at radius 1 is 0.548 bits per heavy atom. The maximum Gasteiger partial charge on any atom is 0.425 e. The molecule has 6 aromatic rings. The van der Waals surface area contributed by atoms with E-state index in [1.54, 1.807) is 149 Å². The van der Waals surface area contributed by atoms with E-state index in [1.807, 2.05) is 39.0 Å². The molecule has 6 atom stereocenters. The molecule has 0 spiro atoms. The summed E-state index contributed by atoms with van der Waals surface area (Å²) < 4.78 is 103. The highest BCUT2D eigenvalue weighted by molar-refractivity contribution is 7.85. The first-order valence-corrected chi connectivity index (χ1v) is 42.2. The largest absolute Gasteiger partial charge is 0.481 e. The van der Waals surface area contributed by atoms with Gasteiger partial charge in [0, 0.05) is 45.4 Å². The first-order valence-electron chi connectivity index (χ1n) is 39.5. The minimum Gasteiger partial charge on any atom is -0.481 e. The average Bonchev–Trinajstić information content (AvgIpc) is 1.57. The van der Waals surface area contributed by atoms with Crippen LogP contribution < -0.4 is 29.4 Å². The molecular formula is C91H127N3O50S2. The molecule has 55 heteroatoms. The number of aliphatic hydroxyl groups is 1. The van der Waals surface area contributed by atoms with Gasteiger partial charge in [0.05, 0.1) is 41.1 Å². The number of ether oxygens (including phenoxy) is 11. The van der Waals surface area contributed by atoms with Crippen molar-refractivity contribution in [2.24, 2.45) is 28.4 Å². The number of rotatable bonds is 37. The molecule has 0 bridgehead atoms. The summed E-state index contributed by atoms with van der Waals surface area (Å²) in [5, 5.41) is 97.7. The second-order valence-corrected chi connectivity index (χ2v) is 29.6. The second kappa shape index (κ2) is 88.7. The predicted octanol–water partition coefficient (Wildman–Crippen LogP) is 8.46. The van der Waals surface area contributed by atoms with Crippen molar-refractivity contribution in [3.63, 3.8) is 0 Å². The van der Waals surface area contributed by atoms with Gasteiger partial charge >= 0.3 is 58.4 Å². The summed E-state index contributed by atoms with van der Waals surface area (Å²) in [7, 11) is -5.30. The third-order valence-electron chi connectivity index (χ3n) is 17.2. The Hall–Kier alpha value is -16.5. The van der Waals surface area contributed by atoms with Gasteiger partial charge in [0.2, 0.25) is 5.88 Å². The molecule has 53 nitrogen and oxygen atoms in total. The molecule has 5 aromatic carbocycles. The summed E-state index contributed by atoms with van der Waals surface area (Å²) in [6, 6.07) is 40.4. The van der Waals surface area contributed by atoms with Gasteiger partial charge in [-0.2, -0.15) is 8.42 Å². The first kappa shape index (κ1) is 150. The van der Waals surface area contributed by atoms with Crippen LogP contribution in [0, 0.1) is 22.7 Å². The van der Waals surface area contributed by atoms with E-state index in [1.165, 1.54) is 17.0 Å². The lowest BCUT2D eigenvalue weighted by Crippen LogP contribution is -2.49. The van der Waals surface area contributed by atoms with Crippen LogP contribution in [-0.4, -0.2) is 284 Å². The Morgan fingerprint density at radius 3 is 1.26 bits per heavy atom. The average molecular weight is 2130 g/mol. The number of hydrogen-bond acceptors (Lipinski definition) is 42. The number of carboxylic acid groups (broad SMARTS) is 10. The van der Waals surface area contributed by atoms with E-state index in [0.29, 0.717) is 137 Å². The van der Waals surface area contributed by atoms with E-state index in [0.717, 1.165) is 31.2 Å². The van der Waals surface area contributed by atoms with E-state index < -0.39 is 116 Å². The van der Waals surface area contributed by atoms with Crippen LogP contribution in [0.5, 0.6) is 34.6 Å². The van der Waals surface area contributed by atoms with Gasteiger partial charge in [-0.05, 0) is 181 Å². The Balaban J connectivity index is -0.000000153. The predicted molar refractivity (Wildman–Crippen MR) is 508 cm³/mol. The summed E-state index contributed by atoms with van der Waals surface area (Å²) in [5.74, 6) is -7.98. The zero-order valence-corrected chi connectivity index (χ0v) is 78.7. The van der Waals surface area contributed by atoms with Gasteiger partial charge in [-0.3, -0.25) is 86.6 Å². The molecule has 0 aliphatic heterocycles. The van der Waals surface area contributed by atoms with Crippen LogP contribution >= 0.6 is 0 Å². The lowest BCUT2D eigenvalue weighted by Gasteiger charge is -2.43. The zero-order valence-electron chi connectivity index (χ0n) is 77.0. The molecular weight excluding hydrogens is 2000 g/mol. The van der Waals surface area contributed by atoms with Gasteiger partial charge in [0.1, 0.15) is 58.7 Å². The first-order chi connectivity index (χ1) is 66.6. The molecule has 3 aliphatic rings. The van der Waals surface area contributed by atoms with Gasteiger partial charge in [0.25, 0.3) is 93.1 Å². The molecule has 3 saturated carbocycles. The minimum atomic E-state index is -3.81. The van der Waals surface area contributed by atoms with Crippen molar-refractivity contribution in [1.82, 2.24) is 9.88 Å². The summed E-state index contributed by atoms with van der Waals surface area (Å²) in [6.07, 6.45) is 5.47. The van der Waals surface area contributed by atoms with E-state index in [9.17, 15) is 99.8 Å². The number of aromatic nitrogens is 1. The number of aliphatic carboxylic acids is 8. The number of aromatic carboxylic acids is 2. The standard InChI is InChI=1S/C15H12O4.C14H10O5.C11H18O4.C8H12O4.C7H6O2.C6H5NO2.C5H6O4.C4H11NO3S.C4H4O4.C3H9NO2.C3H4O5.C3H4O4.2C2H4O2.4CH4.O3S.H2/c16-10-19-14-7-3-12(4-8-14)9-11-1-5-13(6-2-11)15(17)18;15-9-18-11-5-7-13(8-6-11)19-12-3-1-10(2-4-12)14(16)17;1-9(2)10(3,8(13)14)5-6-11(9,4)15-7-12;9-5-12-7-3-1-6(2-4-7)8(10)11;8-6-9-7-4-2-1-3-5-7;8-5-9-6-3-1-2-4-7-6;6-2-9-4-1-3(4)5(7)8;1-3-5(2)4-9(6,7)8;5-3-8-2-1-4(6)7;1-3(4)2-6-5;4-1-8-3(7)2(5)6;4-2-7-1-3(5)6;2*1-2(3)4;;;;;1-4(2)3;/h1-8,10H,9H2,(H,17,18);1-9H,(H,16,17);7H,5-6H2,1-4H3,(H,13,14);5-7H,1-4H2,(H,10,11);1-6H;1-5H;2-4H,1H2,(H,7,8);3-4H2,1-2H3,(H,6,7,8);1-3H,(H,6,7);3,5H,2,4H2,1H3;1,3,7H,(H,5,6);2H,1H2,(H,5,6);2*1H3,(H,3,4);4*1H4;;1H. The number of carbonyl (C=O) groups is 20. The van der Waals surface area contributed by atoms with Gasteiger partial charge < -0.3 is 114 Å². The Bertz CT molecular complexity index is 4840. The van der Waals surface area contributed by atoms with Crippen LogP contribution in [0.25, 0.3) is 0 Å². The van der Waals surface area contributed by atoms with E-state index in [4.69, 9.17) is 108 Å². The third kappa shape index (κ3) is 81.2. The van der Waals surface area contributed by atoms with E-state index in [2.05, 4.69) is 43.0 Å². The molecule has 146 heavy (non-hydrogen) atoms. The maximum atomic E-state index is 11.3. The highest BCUT2D eigenvalue weighted by atomic mass is 32.2. The smallest absolute Gasteiger partial charge is 0.425 e. The molecule has 818 valence electrons. The summed E-state index contributed by atoms with van der Waals surface area (Å²) in [5.41, 5.74) is 5.56. The fraction of sp³-hybridized carbons (Fsp3) is 0.374. The van der Waals surface area contributed by atoms with Gasteiger partial charge in [-0.1, -0.05) is 99.0 Å². The fourth-order valence-electron chi connectivity index (χ4n) is 9.60. The monoisotopic (exact) mass is 2130 g/mol. The number of carbonyl (C=O) groups excluding carboxylic acids is 10. The van der Waals surface area contributed by atoms with Gasteiger partial charge in [0.15, 0.2) is 6.61 Å². The van der Waals surface area contributed by atoms with Crippen LogP contribution in [0.15, 0.2) is 164 Å². The number of nitrogens with zero attached hydrogens (tertiary/aromatic N) is 2. The number of benzene rings is 5. The number of aliphatic hydroxyl groups excluding tert-OH is 1. The molecule has 3 aliphatic carbocycles. The Kier molecular flexibility index (Phi) is 91.0. The highest BCUT2D eigenvalue weighted by Crippen LogP contribution is 2.59. The van der Waals surface area contributed by atoms with Crippen molar-refractivity contribution in [2.45, 2.75) is 167 Å². The summed E-state index contributed by atoms with van der Waals surface area (Å²) in [6.45, 7) is 15.9. The molecule has 3 fully saturated rings. The highest BCUT2D eigenvalue weighted by Gasteiger charge is 2.63. The Labute approximate surface area is 841 Å². The quantitative estimate of drug-likeness (QED) is 0.00254. The van der Waals surface area contributed by atoms with Gasteiger partial charge in [-0.15, -0.1) is 12.6 Å². The van der Waals surface area contributed by atoms with Crippen molar-refractivity contribution in [3.8, 4) is 34.6 Å². The topological polar surface area (TPSA) is 843 Å². The summed E-state index contributed by atoms with van der Waals surface area (Å²) in [4.78, 5) is 206. The lowest BCUT2D eigenvalue weighted by molar-refractivity contribution is -0.244. The van der Waals surface area contributed by atoms with E-state index >= 15 is 0 Å². The van der Waals surface area contributed by atoms with Crippen LogP contribution in [0.1, 0.15) is 163 Å². The van der Waals surface area contributed by atoms with Crippen molar-refractivity contribution >= 4 is 145 Å². The van der Waals surface area contributed by atoms with Crippen LogP contribution in [0.3, 0.4) is 0 Å². The van der Waals surface area contributed by atoms with Crippen molar-refractivity contribution in [2.75, 3.05) is 32.7 Å². The third-order valence-corrected chi connectivity index (χ3v) is 18.0. The normalized spacial score (nSPS) is 15.3. The Morgan fingerprint density at radius 2 is 0.966 bits per heavy atom. The number of hydrogen-bond donors (Lipinski definition) is 14. The van der Waals surface area contributed by atoms with Crippen LogP contribution in [0.4, 0.5) is 0 Å². The van der Waals surface area contributed by atoms with E-state index in [-0.39, 0.29) is 105 Å². The molecule has 0 amide bonds. The summed E-state index contributed by atoms with van der Waals surface area (Å²) >= 11 is 0. The van der Waals surface area contributed by atoms with Crippen LogP contribution in [-0.2, 0) is 147 Å². The number of nitrogens with two attached hydrogens (primary N) is 1. The van der Waals surface area contributed by atoms with Crippen LogP contribution in [0.2, 0.25) is 0 Å². The number of pyridine rings is 1. The molecule has 1 heterocycles. The molecule has 6 unspecified atom stereocenters. The number of carboxylic acids is 10. The molecule has 15 N–H and O–H groups in total. The zero-order chi connectivity index (χ0) is 110. The number of para-hydroxylation sites is 1. The van der Waals surface area contributed by atoms with Crippen molar-refractivity contribution in [1.29, 1.82) is 0 Å². The lowest BCUT2D eigenvalue weighted by atomic mass is 9.64. The molecule has 0 radical (unpaired) electrons. The maximum absolute atomic E-state index is 11.3.